The number of carbonyl (C=O) groups is 1. The van der Waals surface area contributed by atoms with Crippen LogP contribution in [0.4, 0.5) is 5.69 Å². The van der Waals surface area contributed by atoms with Gasteiger partial charge in [0.2, 0.25) is 0 Å². The first-order chi connectivity index (χ1) is 11.1. The summed E-state index contributed by atoms with van der Waals surface area (Å²) in [6.45, 7) is 0. The van der Waals surface area contributed by atoms with Crippen molar-refractivity contribution in [1.82, 2.24) is 5.32 Å². The van der Waals surface area contributed by atoms with Crippen molar-refractivity contribution in [2.24, 2.45) is 0 Å². The number of para-hydroxylation sites is 2. The maximum absolute atomic E-state index is 12.3. The molecule has 1 aromatic carbocycles. The van der Waals surface area contributed by atoms with Gasteiger partial charge in [-0.2, -0.15) is 5.26 Å². The third-order valence-electron chi connectivity index (χ3n) is 4.15. The van der Waals surface area contributed by atoms with Crippen molar-refractivity contribution < 1.29 is 9.53 Å². The largest absolute Gasteiger partial charge is 0.495 e. The number of benzene rings is 1. The molecule has 1 amide bonds. The molecule has 3 rings (SSSR count). The lowest BCUT2D eigenvalue weighted by molar-refractivity contribution is -0.119. The molecular weight excluding hydrogens is 310 g/mol. The van der Waals surface area contributed by atoms with Crippen LogP contribution in [0, 0.1) is 11.3 Å². The average Bonchev–Trinajstić information content (AvgIpc) is 2.56. The normalized spacial score (nSPS) is 23.7. The first kappa shape index (κ1) is 15.5. The van der Waals surface area contributed by atoms with Crippen LogP contribution in [0.25, 0.3) is 0 Å². The smallest absolute Gasteiger partial charge is 0.266 e. The van der Waals surface area contributed by atoms with Crippen LogP contribution in [0.5, 0.6) is 5.75 Å². The second-order valence-corrected chi connectivity index (χ2v) is 5.91. The first-order valence-electron chi connectivity index (χ1n) is 7.40. The number of anilines is 1. The number of nitrogens with one attached hydrogen (secondary N) is 1. The molecule has 0 fully saturated rings. The van der Waals surface area contributed by atoms with Gasteiger partial charge in [0.25, 0.3) is 5.91 Å². The van der Waals surface area contributed by atoms with E-state index in [1.54, 1.807) is 7.11 Å². The van der Waals surface area contributed by atoms with E-state index in [-0.39, 0.29) is 5.57 Å². The van der Waals surface area contributed by atoms with E-state index in [1.165, 1.54) is 0 Å². The molecule has 2 aliphatic rings. The Morgan fingerprint density at radius 2 is 2.22 bits per heavy atom. The highest BCUT2D eigenvalue weighted by atomic mass is 32.1. The van der Waals surface area contributed by atoms with E-state index in [2.05, 4.69) is 17.9 Å². The summed E-state index contributed by atoms with van der Waals surface area (Å²) in [4.78, 5) is 14.2. The van der Waals surface area contributed by atoms with Gasteiger partial charge in [-0.15, -0.1) is 12.6 Å². The number of hydrogen-bond acceptors (Lipinski definition) is 5. The van der Waals surface area contributed by atoms with Gasteiger partial charge < -0.3 is 15.0 Å². The SMILES string of the molecule is COc1ccccc1N1C(S)=C(C#N)C(=O)NC12C=CCCC2. The molecular formula is C17H17N3O2S. The fourth-order valence-corrected chi connectivity index (χ4v) is 3.54. The number of ether oxygens (including phenoxy) is 1. The van der Waals surface area contributed by atoms with Crippen molar-refractivity contribution in [3.63, 3.8) is 0 Å². The number of allylic oxidation sites excluding steroid dienone is 1. The minimum atomic E-state index is -0.721. The number of thiol groups is 1. The summed E-state index contributed by atoms with van der Waals surface area (Å²) in [5.74, 6) is 0.265. The molecule has 6 heteroatoms. The Morgan fingerprint density at radius 1 is 1.43 bits per heavy atom. The molecule has 118 valence electrons. The Hall–Kier alpha value is -2.39. The number of nitriles is 1. The molecule has 0 saturated heterocycles. The van der Waals surface area contributed by atoms with Crippen LogP contribution in [0.15, 0.2) is 47.0 Å². The van der Waals surface area contributed by atoms with Crippen molar-refractivity contribution in [2.45, 2.75) is 24.9 Å². The zero-order valence-corrected chi connectivity index (χ0v) is 13.6. The Bertz CT molecular complexity index is 750. The maximum Gasteiger partial charge on any atom is 0.266 e. The van der Waals surface area contributed by atoms with Crippen molar-refractivity contribution >= 4 is 24.2 Å². The predicted molar refractivity (Wildman–Crippen MR) is 91.0 cm³/mol. The van der Waals surface area contributed by atoms with Gasteiger partial charge in [-0.1, -0.05) is 18.2 Å². The van der Waals surface area contributed by atoms with Crippen LogP contribution >= 0.6 is 12.6 Å². The van der Waals surface area contributed by atoms with Crippen molar-refractivity contribution in [2.75, 3.05) is 12.0 Å². The monoisotopic (exact) mass is 327 g/mol. The minimum Gasteiger partial charge on any atom is -0.495 e. The lowest BCUT2D eigenvalue weighted by Gasteiger charge is -2.48. The maximum atomic E-state index is 12.3. The fourth-order valence-electron chi connectivity index (χ4n) is 3.10. The van der Waals surface area contributed by atoms with Gasteiger partial charge in [-0.3, -0.25) is 4.79 Å². The van der Waals surface area contributed by atoms with Crippen LogP contribution in [0.3, 0.4) is 0 Å². The third kappa shape index (κ3) is 2.47. The molecule has 1 heterocycles. The number of hydrogen-bond donors (Lipinski definition) is 2. The predicted octanol–water partition coefficient (Wildman–Crippen LogP) is 2.73. The first-order valence-corrected chi connectivity index (χ1v) is 7.84. The van der Waals surface area contributed by atoms with Crippen molar-refractivity contribution in [3.8, 4) is 11.8 Å². The average molecular weight is 327 g/mol. The fraction of sp³-hybridized carbons (Fsp3) is 0.294. The van der Waals surface area contributed by atoms with E-state index in [1.807, 2.05) is 47.4 Å². The van der Waals surface area contributed by atoms with E-state index in [4.69, 9.17) is 4.74 Å². The summed E-state index contributed by atoms with van der Waals surface area (Å²) in [7, 11) is 1.60. The molecule has 1 aliphatic heterocycles. The summed E-state index contributed by atoms with van der Waals surface area (Å²) >= 11 is 4.51. The van der Waals surface area contributed by atoms with Gasteiger partial charge in [0.05, 0.1) is 17.8 Å². The zero-order chi connectivity index (χ0) is 16.4. The van der Waals surface area contributed by atoms with Gasteiger partial charge in [-0.25, -0.2) is 0 Å². The van der Waals surface area contributed by atoms with Gasteiger partial charge >= 0.3 is 0 Å². The van der Waals surface area contributed by atoms with Crippen LogP contribution in [-0.4, -0.2) is 18.7 Å². The highest BCUT2D eigenvalue weighted by molar-refractivity contribution is 7.84. The molecule has 0 aromatic heterocycles. The van der Waals surface area contributed by atoms with Crippen LogP contribution in [-0.2, 0) is 4.79 Å². The number of carbonyl (C=O) groups excluding carboxylic acids is 1. The Morgan fingerprint density at radius 3 is 2.87 bits per heavy atom. The molecule has 1 atom stereocenters. The van der Waals surface area contributed by atoms with E-state index in [9.17, 15) is 10.1 Å². The summed E-state index contributed by atoms with van der Waals surface area (Å²) in [5, 5.41) is 12.6. The van der Waals surface area contributed by atoms with E-state index in [0.717, 1.165) is 24.9 Å². The van der Waals surface area contributed by atoms with Crippen LogP contribution in [0.2, 0.25) is 0 Å². The van der Waals surface area contributed by atoms with Gasteiger partial charge in [0.1, 0.15) is 23.1 Å². The Balaban J connectivity index is 2.24. The number of rotatable bonds is 2. The summed E-state index contributed by atoms with van der Waals surface area (Å²) in [5.41, 5.74) is 0.0460. The molecule has 1 N–H and O–H groups in total. The molecule has 1 spiro atoms. The standard InChI is InChI=1S/C17H17N3O2S/c1-22-14-8-4-3-7-13(14)20-16(23)12(11-18)15(21)19-17(20)9-5-2-6-10-17/h3-5,7-9,23H,2,6,10H2,1H3,(H,19,21). The lowest BCUT2D eigenvalue weighted by atomic mass is 9.91. The van der Waals surface area contributed by atoms with Gasteiger partial charge in [-0.05, 0) is 37.5 Å². The Kier molecular flexibility index (Phi) is 4.05. The highest BCUT2D eigenvalue weighted by Crippen LogP contribution is 2.42. The summed E-state index contributed by atoms with van der Waals surface area (Å²) in [6, 6.07) is 9.46. The van der Waals surface area contributed by atoms with Crippen LogP contribution in [0.1, 0.15) is 19.3 Å². The van der Waals surface area contributed by atoms with Gasteiger partial charge in [0, 0.05) is 0 Å². The van der Waals surface area contributed by atoms with E-state index < -0.39 is 11.6 Å². The molecule has 1 aromatic rings. The molecule has 0 bridgehead atoms. The quantitative estimate of drug-likeness (QED) is 0.647. The minimum absolute atomic E-state index is 0.00355. The molecule has 5 nitrogen and oxygen atoms in total. The summed E-state index contributed by atoms with van der Waals surface area (Å²) < 4.78 is 5.46. The van der Waals surface area contributed by atoms with Gasteiger partial charge in [0.15, 0.2) is 0 Å². The van der Waals surface area contributed by atoms with E-state index >= 15 is 0 Å². The molecule has 0 saturated carbocycles. The Labute approximate surface area is 140 Å². The second-order valence-electron chi connectivity index (χ2n) is 5.49. The zero-order valence-electron chi connectivity index (χ0n) is 12.7. The van der Waals surface area contributed by atoms with Crippen molar-refractivity contribution in [1.29, 1.82) is 5.26 Å². The summed E-state index contributed by atoms with van der Waals surface area (Å²) in [6.07, 6.45) is 6.66. The molecule has 23 heavy (non-hydrogen) atoms. The molecule has 1 unspecified atom stereocenters. The number of methoxy groups -OCH3 is 1. The third-order valence-corrected chi connectivity index (χ3v) is 4.58. The number of amides is 1. The molecule has 0 radical (unpaired) electrons. The second kappa shape index (κ2) is 6.01. The lowest BCUT2D eigenvalue weighted by Crippen LogP contribution is -2.63. The van der Waals surface area contributed by atoms with Crippen molar-refractivity contribution in [3.05, 3.63) is 47.0 Å². The van der Waals surface area contributed by atoms with Crippen LogP contribution < -0.4 is 15.0 Å². The molecule has 1 aliphatic carbocycles. The number of nitrogens with zero attached hydrogens (tertiary/aromatic N) is 2. The topological polar surface area (TPSA) is 65.4 Å². The highest BCUT2D eigenvalue weighted by Gasteiger charge is 2.45. The van der Waals surface area contributed by atoms with E-state index in [0.29, 0.717) is 10.8 Å².